The standard InChI is InChI=1S/C15H23ClN4O2/c1-15(2,3)22-14(21)17-9-11-5-4-8-20(10-11)13-7-6-12(16)18-19-13/h6-7,11H,4-5,8-10H2,1-3H3,(H,17,21)/t11-/m0/s1. The van der Waals surface area contributed by atoms with Crippen LogP contribution in [0.5, 0.6) is 0 Å². The van der Waals surface area contributed by atoms with E-state index >= 15 is 0 Å². The maximum atomic E-state index is 11.7. The van der Waals surface area contributed by atoms with E-state index in [1.165, 1.54) is 0 Å². The molecule has 1 aliphatic rings. The molecule has 1 atom stereocenters. The summed E-state index contributed by atoms with van der Waals surface area (Å²) < 4.78 is 5.25. The highest BCUT2D eigenvalue weighted by Gasteiger charge is 2.23. The van der Waals surface area contributed by atoms with Gasteiger partial charge >= 0.3 is 6.09 Å². The van der Waals surface area contributed by atoms with Gasteiger partial charge in [0.05, 0.1) is 0 Å². The first-order valence-corrected chi connectivity index (χ1v) is 7.92. The number of alkyl carbamates (subject to hydrolysis) is 1. The summed E-state index contributed by atoms with van der Waals surface area (Å²) >= 11 is 5.76. The first kappa shape index (κ1) is 16.8. The van der Waals surface area contributed by atoms with Crippen molar-refractivity contribution in [2.45, 2.75) is 39.2 Å². The molecule has 1 fully saturated rings. The molecule has 0 aliphatic carbocycles. The van der Waals surface area contributed by atoms with E-state index in [0.717, 1.165) is 31.7 Å². The van der Waals surface area contributed by atoms with Crippen LogP contribution in [-0.4, -0.2) is 41.5 Å². The topological polar surface area (TPSA) is 67.3 Å². The third-order valence-corrected chi connectivity index (χ3v) is 3.60. The maximum absolute atomic E-state index is 11.7. The molecule has 1 amide bonds. The monoisotopic (exact) mass is 326 g/mol. The Labute approximate surface area is 136 Å². The van der Waals surface area contributed by atoms with Gasteiger partial charge in [-0.15, -0.1) is 10.2 Å². The van der Waals surface area contributed by atoms with Crippen molar-refractivity contribution in [3.63, 3.8) is 0 Å². The van der Waals surface area contributed by atoms with Crippen LogP contribution >= 0.6 is 11.6 Å². The van der Waals surface area contributed by atoms with Gasteiger partial charge in [-0.05, 0) is 51.7 Å². The van der Waals surface area contributed by atoms with Crippen LogP contribution in [0.1, 0.15) is 33.6 Å². The lowest BCUT2D eigenvalue weighted by atomic mass is 9.98. The van der Waals surface area contributed by atoms with Crippen LogP contribution in [0.15, 0.2) is 12.1 Å². The number of hydrogen-bond donors (Lipinski definition) is 1. The predicted octanol–water partition coefficient (Wildman–Crippen LogP) is 2.87. The van der Waals surface area contributed by atoms with Gasteiger partial charge in [-0.3, -0.25) is 0 Å². The van der Waals surface area contributed by atoms with Crippen LogP contribution in [-0.2, 0) is 4.74 Å². The number of nitrogens with one attached hydrogen (secondary N) is 1. The van der Waals surface area contributed by atoms with Gasteiger partial charge in [0.2, 0.25) is 0 Å². The summed E-state index contributed by atoms with van der Waals surface area (Å²) in [6, 6.07) is 3.62. The molecule has 1 saturated heterocycles. The zero-order valence-electron chi connectivity index (χ0n) is 13.3. The van der Waals surface area contributed by atoms with Crippen LogP contribution < -0.4 is 10.2 Å². The van der Waals surface area contributed by atoms with Gasteiger partial charge < -0.3 is 15.0 Å². The van der Waals surface area contributed by atoms with E-state index in [1.807, 2.05) is 26.8 Å². The first-order chi connectivity index (χ1) is 10.3. The van der Waals surface area contributed by atoms with Crippen molar-refractivity contribution in [2.75, 3.05) is 24.5 Å². The van der Waals surface area contributed by atoms with Gasteiger partial charge in [-0.2, -0.15) is 0 Å². The zero-order chi connectivity index (χ0) is 16.2. The fourth-order valence-corrected chi connectivity index (χ4v) is 2.56. The Balaban J connectivity index is 1.83. The molecule has 0 spiro atoms. The minimum atomic E-state index is -0.471. The molecule has 2 heterocycles. The number of amides is 1. The molecule has 0 unspecified atom stereocenters. The third kappa shape index (κ3) is 5.33. The van der Waals surface area contributed by atoms with Gasteiger partial charge in [0.15, 0.2) is 11.0 Å². The number of ether oxygens (including phenoxy) is 1. The third-order valence-electron chi connectivity index (χ3n) is 3.39. The predicted molar refractivity (Wildman–Crippen MR) is 86.2 cm³/mol. The highest BCUT2D eigenvalue weighted by atomic mass is 35.5. The highest BCUT2D eigenvalue weighted by Crippen LogP contribution is 2.21. The molecule has 1 aliphatic heterocycles. The molecule has 0 radical (unpaired) electrons. The number of carbonyl (C=O) groups excluding carboxylic acids is 1. The average molecular weight is 327 g/mol. The number of rotatable bonds is 3. The van der Waals surface area contributed by atoms with Crippen molar-refractivity contribution in [1.82, 2.24) is 15.5 Å². The van der Waals surface area contributed by atoms with Gasteiger partial charge in [0, 0.05) is 19.6 Å². The fraction of sp³-hybridized carbons (Fsp3) is 0.667. The summed E-state index contributed by atoms with van der Waals surface area (Å²) in [6.07, 6.45) is 1.77. The maximum Gasteiger partial charge on any atom is 0.407 e. The number of nitrogens with zero attached hydrogens (tertiary/aromatic N) is 3. The number of anilines is 1. The number of halogens is 1. The lowest BCUT2D eigenvalue weighted by Gasteiger charge is -2.33. The number of hydrogen-bond acceptors (Lipinski definition) is 5. The summed E-state index contributed by atoms with van der Waals surface area (Å²) in [4.78, 5) is 13.9. The van der Waals surface area contributed by atoms with Gasteiger partial charge in [0.1, 0.15) is 5.60 Å². The lowest BCUT2D eigenvalue weighted by Crippen LogP contribution is -2.42. The minimum Gasteiger partial charge on any atom is -0.444 e. The van der Waals surface area contributed by atoms with Crippen molar-refractivity contribution in [2.24, 2.45) is 5.92 Å². The number of piperidine rings is 1. The summed E-state index contributed by atoms with van der Waals surface area (Å²) in [5, 5.41) is 11.2. The van der Waals surface area contributed by atoms with E-state index in [2.05, 4.69) is 20.4 Å². The van der Waals surface area contributed by atoms with E-state index in [1.54, 1.807) is 6.07 Å². The smallest absolute Gasteiger partial charge is 0.407 e. The molecule has 6 nitrogen and oxygen atoms in total. The van der Waals surface area contributed by atoms with Gasteiger partial charge in [0.25, 0.3) is 0 Å². The van der Waals surface area contributed by atoms with E-state index in [4.69, 9.17) is 16.3 Å². The molecule has 0 bridgehead atoms. The Morgan fingerprint density at radius 3 is 2.86 bits per heavy atom. The molecule has 1 aromatic heterocycles. The van der Waals surface area contributed by atoms with Crippen LogP contribution in [0.2, 0.25) is 5.15 Å². The first-order valence-electron chi connectivity index (χ1n) is 7.54. The molecule has 0 saturated carbocycles. The number of carbonyl (C=O) groups is 1. The Morgan fingerprint density at radius 1 is 1.45 bits per heavy atom. The summed E-state index contributed by atoms with van der Waals surface area (Å²) in [5.41, 5.74) is -0.471. The van der Waals surface area contributed by atoms with Crippen molar-refractivity contribution in [3.8, 4) is 0 Å². The van der Waals surface area contributed by atoms with Crippen molar-refractivity contribution >= 4 is 23.5 Å². The van der Waals surface area contributed by atoms with Crippen molar-refractivity contribution in [3.05, 3.63) is 17.3 Å². The lowest BCUT2D eigenvalue weighted by molar-refractivity contribution is 0.0517. The van der Waals surface area contributed by atoms with E-state index in [-0.39, 0.29) is 6.09 Å². The van der Waals surface area contributed by atoms with Crippen LogP contribution in [0.4, 0.5) is 10.6 Å². The molecular weight excluding hydrogens is 304 g/mol. The Kier molecular flexibility index (Phi) is 5.45. The van der Waals surface area contributed by atoms with E-state index < -0.39 is 5.60 Å². The average Bonchev–Trinajstić information content (AvgIpc) is 2.44. The summed E-state index contributed by atoms with van der Waals surface area (Å²) in [5.74, 6) is 1.20. The molecule has 1 aromatic rings. The Hall–Kier alpha value is -1.56. The molecule has 0 aromatic carbocycles. The van der Waals surface area contributed by atoms with Crippen molar-refractivity contribution < 1.29 is 9.53 Å². The molecule has 2 rings (SSSR count). The normalized spacial score (nSPS) is 18.9. The second-order valence-corrected chi connectivity index (χ2v) is 6.94. The Morgan fingerprint density at radius 2 is 2.23 bits per heavy atom. The second-order valence-electron chi connectivity index (χ2n) is 6.55. The molecule has 22 heavy (non-hydrogen) atoms. The minimum absolute atomic E-state index is 0.365. The summed E-state index contributed by atoms with van der Waals surface area (Å²) in [7, 11) is 0. The zero-order valence-corrected chi connectivity index (χ0v) is 14.1. The Bertz CT molecular complexity index is 501. The van der Waals surface area contributed by atoms with E-state index in [0.29, 0.717) is 17.6 Å². The fourth-order valence-electron chi connectivity index (χ4n) is 2.46. The van der Waals surface area contributed by atoms with Gasteiger partial charge in [-0.25, -0.2) is 4.79 Å². The summed E-state index contributed by atoms with van der Waals surface area (Å²) in [6.45, 7) is 7.95. The van der Waals surface area contributed by atoms with Crippen molar-refractivity contribution in [1.29, 1.82) is 0 Å². The molecule has 7 heteroatoms. The van der Waals surface area contributed by atoms with Crippen LogP contribution in [0.25, 0.3) is 0 Å². The molecule has 1 N–H and O–H groups in total. The highest BCUT2D eigenvalue weighted by molar-refractivity contribution is 6.29. The largest absolute Gasteiger partial charge is 0.444 e. The molecule has 122 valence electrons. The SMILES string of the molecule is CC(C)(C)OC(=O)NC[C@@H]1CCCN(c2ccc(Cl)nn2)C1. The van der Waals surface area contributed by atoms with Crippen LogP contribution in [0, 0.1) is 5.92 Å². The molecular formula is C15H23ClN4O2. The van der Waals surface area contributed by atoms with Crippen LogP contribution in [0.3, 0.4) is 0 Å². The number of aromatic nitrogens is 2. The van der Waals surface area contributed by atoms with E-state index in [9.17, 15) is 4.79 Å². The quantitative estimate of drug-likeness (QED) is 0.925. The second kappa shape index (κ2) is 7.13. The van der Waals surface area contributed by atoms with Gasteiger partial charge in [-0.1, -0.05) is 11.6 Å².